The molecule has 0 amide bonds. The van der Waals surface area contributed by atoms with Crippen molar-refractivity contribution in [3.05, 3.63) is 35.5 Å². The molecular weight excluding hydrogens is 320 g/mol. The van der Waals surface area contributed by atoms with Gasteiger partial charge in [0.15, 0.2) is 0 Å². The van der Waals surface area contributed by atoms with Crippen molar-refractivity contribution >= 4 is 11.8 Å². The van der Waals surface area contributed by atoms with Crippen molar-refractivity contribution in [1.29, 1.82) is 0 Å². The Labute approximate surface area is 147 Å². The lowest BCUT2D eigenvalue weighted by Gasteiger charge is -2.33. The lowest BCUT2D eigenvalue weighted by molar-refractivity contribution is 0.0696. The molecule has 0 aliphatic carbocycles. The maximum absolute atomic E-state index is 11.0. The standard InChI is InChI=1S/C17H24N6O2/c1-21(2)11-15-19-20-16(22(15)3)13-5-4-8-23(10-13)14-7-6-12(9-18-14)17(24)25/h6-7,9,13H,4-5,8,10-11H2,1-3H3,(H,24,25)/t13-/m1/s1. The molecule has 1 aliphatic heterocycles. The van der Waals surface area contributed by atoms with Crippen LogP contribution in [0.2, 0.25) is 0 Å². The summed E-state index contributed by atoms with van der Waals surface area (Å²) in [4.78, 5) is 19.6. The minimum Gasteiger partial charge on any atom is -0.478 e. The highest BCUT2D eigenvalue weighted by Crippen LogP contribution is 2.28. The molecule has 0 saturated carbocycles. The first-order valence-corrected chi connectivity index (χ1v) is 8.43. The smallest absolute Gasteiger partial charge is 0.337 e. The third kappa shape index (κ3) is 3.79. The van der Waals surface area contributed by atoms with Gasteiger partial charge in [-0.25, -0.2) is 9.78 Å². The number of carboxylic acids is 1. The third-order valence-electron chi connectivity index (χ3n) is 4.56. The van der Waals surface area contributed by atoms with Gasteiger partial charge in [-0.2, -0.15) is 0 Å². The van der Waals surface area contributed by atoms with Gasteiger partial charge in [0.05, 0.1) is 12.1 Å². The van der Waals surface area contributed by atoms with Crippen molar-refractivity contribution in [2.75, 3.05) is 32.1 Å². The molecule has 25 heavy (non-hydrogen) atoms. The highest BCUT2D eigenvalue weighted by atomic mass is 16.4. The third-order valence-corrected chi connectivity index (χ3v) is 4.56. The molecule has 8 nitrogen and oxygen atoms in total. The molecule has 2 aromatic heterocycles. The van der Waals surface area contributed by atoms with E-state index in [1.54, 1.807) is 12.1 Å². The fourth-order valence-corrected chi connectivity index (χ4v) is 3.25. The van der Waals surface area contributed by atoms with Gasteiger partial charge in [0.1, 0.15) is 17.5 Å². The number of hydrogen-bond donors (Lipinski definition) is 1. The van der Waals surface area contributed by atoms with Crippen LogP contribution in [0.5, 0.6) is 0 Å². The SMILES string of the molecule is CN(C)Cc1nnc([C@@H]2CCCN(c3ccc(C(=O)O)cn3)C2)n1C. The first-order chi connectivity index (χ1) is 12.0. The summed E-state index contributed by atoms with van der Waals surface area (Å²) in [6, 6.07) is 3.38. The number of rotatable bonds is 5. The molecule has 0 spiro atoms. The Morgan fingerprint density at radius 1 is 1.36 bits per heavy atom. The summed E-state index contributed by atoms with van der Waals surface area (Å²) >= 11 is 0. The zero-order valence-corrected chi connectivity index (χ0v) is 14.9. The number of carbonyl (C=O) groups is 1. The van der Waals surface area contributed by atoms with Gasteiger partial charge in [-0.15, -0.1) is 10.2 Å². The molecule has 0 unspecified atom stereocenters. The Kier molecular flexibility index (Phi) is 4.98. The predicted molar refractivity (Wildman–Crippen MR) is 93.8 cm³/mol. The van der Waals surface area contributed by atoms with E-state index in [2.05, 4.69) is 29.5 Å². The molecule has 0 bridgehead atoms. The van der Waals surface area contributed by atoms with Gasteiger partial charge in [0, 0.05) is 32.3 Å². The maximum Gasteiger partial charge on any atom is 0.337 e. The van der Waals surface area contributed by atoms with Crippen LogP contribution in [0.15, 0.2) is 18.3 Å². The highest BCUT2D eigenvalue weighted by molar-refractivity contribution is 5.87. The van der Waals surface area contributed by atoms with Crippen LogP contribution in [0.4, 0.5) is 5.82 Å². The second-order valence-corrected chi connectivity index (χ2v) is 6.77. The average Bonchev–Trinajstić information content (AvgIpc) is 2.95. The Morgan fingerprint density at radius 2 is 2.16 bits per heavy atom. The molecule has 1 aliphatic rings. The number of nitrogens with zero attached hydrogens (tertiary/aromatic N) is 6. The van der Waals surface area contributed by atoms with Crippen LogP contribution in [0.1, 0.15) is 40.8 Å². The highest BCUT2D eigenvalue weighted by Gasteiger charge is 2.26. The van der Waals surface area contributed by atoms with Crippen LogP contribution in [0, 0.1) is 0 Å². The molecule has 2 aromatic rings. The van der Waals surface area contributed by atoms with E-state index >= 15 is 0 Å². The molecule has 1 fully saturated rings. The summed E-state index contributed by atoms with van der Waals surface area (Å²) in [6.45, 7) is 2.49. The monoisotopic (exact) mass is 344 g/mol. The van der Waals surface area contributed by atoms with Crippen LogP contribution in [0.25, 0.3) is 0 Å². The zero-order chi connectivity index (χ0) is 18.0. The van der Waals surface area contributed by atoms with E-state index in [1.807, 2.05) is 21.1 Å². The lowest BCUT2D eigenvalue weighted by Crippen LogP contribution is -2.36. The quantitative estimate of drug-likeness (QED) is 0.876. The van der Waals surface area contributed by atoms with Crippen molar-refractivity contribution < 1.29 is 9.90 Å². The molecule has 3 heterocycles. The second kappa shape index (κ2) is 7.18. The molecule has 1 atom stereocenters. The molecular formula is C17H24N6O2. The van der Waals surface area contributed by atoms with E-state index in [-0.39, 0.29) is 5.56 Å². The van der Waals surface area contributed by atoms with Gasteiger partial charge in [0.2, 0.25) is 0 Å². The van der Waals surface area contributed by atoms with Gasteiger partial charge < -0.3 is 19.5 Å². The summed E-state index contributed by atoms with van der Waals surface area (Å²) in [5, 5.41) is 17.7. The first kappa shape index (κ1) is 17.3. The first-order valence-electron chi connectivity index (χ1n) is 8.43. The number of piperidine rings is 1. The van der Waals surface area contributed by atoms with Gasteiger partial charge >= 0.3 is 5.97 Å². The van der Waals surface area contributed by atoms with Crippen molar-refractivity contribution in [2.45, 2.75) is 25.3 Å². The van der Waals surface area contributed by atoms with E-state index in [1.165, 1.54) is 6.20 Å². The van der Waals surface area contributed by atoms with Crippen LogP contribution >= 0.6 is 0 Å². The zero-order valence-electron chi connectivity index (χ0n) is 14.9. The summed E-state index contributed by atoms with van der Waals surface area (Å²) < 4.78 is 2.09. The van der Waals surface area contributed by atoms with E-state index < -0.39 is 5.97 Å². The summed E-state index contributed by atoms with van der Waals surface area (Å²) in [6.07, 6.45) is 3.53. The largest absolute Gasteiger partial charge is 0.478 e. The fraction of sp³-hybridized carbons (Fsp3) is 0.529. The topological polar surface area (TPSA) is 87.4 Å². The van der Waals surface area contributed by atoms with Crippen LogP contribution < -0.4 is 4.90 Å². The molecule has 0 radical (unpaired) electrons. The van der Waals surface area contributed by atoms with E-state index in [0.717, 1.165) is 49.9 Å². The number of aromatic carboxylic acids is 1. The minimum atomic E-state index is -0.955. The molecule has 8 heteroatoms. The van der Waals surface area contributed by atoms with Crippen molar-refractivity contribution in [3.63, 3.8) is 0 Å². The van der Waals surface area contributed by atoms with Crippen LogP contribution in [0.3, 0.4) is 0 Å². The van der Waals surface area contributed by atoms with Gasteiger partial charge in [-0.3, -0.25) is 0 Å². The summed E-state index contributed by atoms with van der Waals surface area (Å²) in [5.74, 6) is 2.11. The van der Waals surface area contributed by atoms with Gasteiger partial charge in [-0.05, 0) is 39.1 Å². The second-order valence-electron chi connectivity index (χ2n) is 6.77. The number of carboxylic acid groups (broad SMARTS) is 1. The lowest BCUT2D eigenvalue weighted by atomic mass is 9.97. The number of aromatic nitrogens is 4. The van der Waals surface area contributed by atoms with E-state index in [9.17, 15) is 4.79 Å². The molecule has 0 aromatic carbocycles. The number of pyridine rings is 1. The normalized spacial score (nSPS) is 17.9. The maximum atomic E-state index is 11.0. The van der Waals surface area contributed by atoms with Crippen molar-refractivity contribution in [2.24, 2.45) is 7.05 Å². The van der Waals surface area contributed by atoms with Gasteiger partial charge in [0.25, 0.3) is 0 Å². The van der Waals surface area contributed by atoms with Gasteiger partial charge in [-0.1, -0.05) is 0 Å². The van der Waals surface area contributed by atoms with E-state index in [0.29, 0.717) is 5.92 Å². The van der Waals surface area contributed by atoms with Crippen LogP contribution in [-0.2, 0) is 13.6 Å². The Morgan fingerprint density at radius 3 is 2.80 bits per heavy atom. The van der Waals surface area contributed by atoms with Crippen molar-refractivity contribution in [1.82, 2.24) is 24.6 Å². The number of hydrogen-bond acceptors (Lipinski definition) is 6. The average molecular weight is 344 g/mol. The molecule has 1 saturated heterocycles. The Hall–Kier alpha value is -2.48. The minimum absolute atomic E-state index is 0.207. The fourth-order valence-electron chi connectivity index (χ4n) is 3.25. The molecule has 3 rings (SSSR count). The molecule has 1 N–H and O–H groups in total. The number of anilines is 1. The summed E-state index contributed by atoms with van der Waals surface area (Å²) in [7, 11) is 6.05. The Bertz CT molecular complexity index is 740. The van der Waals surface area contributed by atoms with E-state index in [4.69, 9.17) is 5.11 Å². The molecule has 134 valence electrons. The Balaban J connectivity index is 1.75. The van der Waals surface area contributed by atoms with Crippen LogP contribution in [-0.4, -0.2) is 62.9 Å². The van der Waals surface area contributed by atoms with Crippen molar-refractivity contribution in [3.8, 4) is 0 Å². The summed E-state index contributed by atoms with van der Waals surface area (Å²) in [5.41, 5.74) is 0.207. The predicted octanol–water partition coefficient (Wildman–Crippen LogP) is 1.35.